The van der Waals surface area contributed by atoms with Gasteiger partial charge in [0.1, 0.15) is 5.82 Å². The first-order valence-corrected chi connectivity index (χ1v) is 7.31. The minimum atomic E-state index is -4.47. The van der Waals surface area contributed by atoms with Crippen LogP contribution in [0.1, 0.15) is 51.6 Å². The second kappa shape index (κ2) is 6.07. The molecule has 7 heteroatoms. The number of nitrogens with zero attached hydrogens (tertiary/aromatic N) is 2. The molecule has 2 rings (SSSR count). The van der Waals surface area contributed by atoms with Crippen molar-refractivity contribution in [1.29, 1.82) is 0 Å². The number of anilines is 2. The van der Waals surface area contributed by atoms with E-state index in [0.717, 1.165) is 38.2 Å². The molecule has 1 aliphatic rings. The van der Waals surface area contributed by atoms with Crippen LogP contribution in [0.2, 0.25) is 0 Å². The van der Waals surface area contributed by atoms with Gasteiger partial charge in [-0.15, -0.1) is 0 Å². The number of aromatic nitrogens is 2. The molecule has 0 aliphatic heterocycles. The van der Waals surface area contributed by atoms with Gasteiger partial charge in [0, 0.05) is 18.2 Å². The third-order valence-electron chi connectivity index (χ3n) is 3.69. The molecule has 0 spiro atoms. The molecule has 1 aromatic rings. The second-order valence-corrected chi connectivity index (χ2v) is 5.78. The molecule has 1 heterocycles. The number of hydrogen-bond acceptors (Lipinski definition) is 4. The Morgan fingerprint density at radius 3 is 2.48 bits per heavy atom. The molecule has 2 N–H and O–H groups in total. The van der Waals surface area contributed by atoms with Crippen molar-refractivity contribution in [3.05, 3.63) is 11.8 Å². The van der Waals surface area contributed by atoms with E-state index in [-0.39, 0.29) is 17.3 Å². The first kappa shape index (κ1) is 15.9. The van der Waals surface area contributed by atoms with Crippen molar-refractivity contribution in [3.8, 4) is 0 Å². The summed E-state index contributed by atoms with van der Waals surface area (Å²) in [5, 5.41) is 5.98. The van der Waals surface area contributed by atoms with Gasteiger partial charge >= 0.3 is 6.18 Å². The molecular formula is C14H21F3N4. The second-order valence-electron chi connectivity index (χ2n) is 5.78. The summed E-state index contributed by atoms with van der Waals surface area (Å²) in [5.41, 5.74) is -1.10. The van der Waals surface area contributed by atoms with Crippen LogP contribution >= 0.6 is 0 Å². The smallest absolute Gasteiger partial charge is 0.365 e. The lowest BCUT2D eigenvalue weighted by atomic mass is 10.0. The van der Waals surface area contributed by atoms with Gasteiger partial charge in [0.05, 0.1) is 0 Å². The summed E-state index contributed by atoms with van der Waals surface area (Å²) >= 11 is 0. The third-order valence-corrected chi connectivity index (χ3v) is 3.69. The fraction of sp³-hybridized carbons (Fsp3) is 0.714. The van der Waals surface area contributed by atoms with Crippen molar-refractivity contribution in [1.82, 2.24) is 9.97 Å². The van der Waals surface area contributed by atoms with E-state index in [4.69, 9.17) is 0 Å². The van der Waals surface area contributed by atoms with Crippen molar-refractivity contribution in [2.45, 2.75) is 57.7 Å². The van der Waals surface area contributed by atoms with E-state index >= 15 is 0 Å². The largest absolute Gasteiger partial charge is 0.433 e. The highest BCUT2D eigenvalue weighted by Crippen LogP contribution is 2.34. The Kier molecular flexibility index (Phi) is 4.58. The standard InChI is InChI=1S/C14H21F3N4/c1-3-8-18-12-19-10(14(15,16)17)9-11(20-12)21-13(2)6-4-5-7-13/h9H,3-8H2,1-2H3,(H2,18,19,20,21). The van der Waals surface area contributed by atoms with Gasteiger partial charge in [-0.25, -0.2) is 4.98 Å². The van der Waals surface area contributed by atoms with E-state index in [2.05, 4.69) is 20.6 Å². The Balaban J connectivity index is 2.26. The van der Waals surface area contributed by atoms with Crippen LogP contribution in [0.15, 0.2) is 6.07 Å². The van der Waals surface area contributed by atoms with Gasteiger partial charge in [-0.05, 0) is 26.2 Å². The molecule has 1 aliphatic carbocycles. The summed E-state index contributed by atoms with van der Waals surface area (Å²) in [6.07, 6.45) is 0.369. The summed E-state index contributed by atoms with van der Waals surface area (Å²) in [6, 6.07) is 0.987. The monoisotopic (exact) mass is 302 g/mol. The number of halogens is 3. The fourth-order valence-electron chi connectivity index (χ4n) is 2.56. The topological polar surface area (TPSA) is 49.8 Å². The highest BCUT2D eigenvalue weighted by Gasteiger charge is 2.35. The van der Waals surface area contributed by atoms with Gasteiger partial charge in [-0.2, -0.15) is 18.2 Å². The first-order valence-electron chi connectivity index (χ1n) is 7.31. The quantitative estimate of drug-likeness (QED) is 0.861. The lowest BCUT2D eigenvalue weighted by Crippen LogP contribution is -2.31. The average molecular weight is 302 g/mol. The average Bonchev–Trinajstić information content (AvgIpc) is 2.81. The van der Waals surface area contributed by atoms with Gasteiger partial charge in [0.15, 0.2) is 5.69 Å². The van der Waals surface area contributed by atoms with Crippen LogP contribution in [0.5, 0.6) is 0 Å². The summed E-state index contributed by atoms with van der Waals surface area (Å²) in [7, 11) is 0. The molecule has 1 saturated carbocycles. The molecule has 118 valence electrons. The van der Waals surface area contributed by atoms with Crippen molar-refractivity contribution < 1.29 is 13.2 Å². The van der Waals surface area contributed by atoms with E-state index in [9.17, 15) is 13.2 Å². The van der Waals surface area contributed by atoms with Gasteiger partial charge in [0.25, 0.3) is 0 Å². The Morgan fingerprint density at radius 2 is 1.90 bits per heavy atom. The number of rotatable bonds is 5. The van der Waals surface area contributed by atoms with Crippen molar-refractivity contribution in [2.75, 3.05) is 17.2 Å². The number of hydrogen-bond donors (Lipinski definition) is 2. The maximum absolute atomic E-state index is 12.9. The van der Waals surface area contributed by atoms with Crippen LogP contribution in [0.4, 0.5) is 24.9 Å². The summed E-state index contributed by atoms with van der Waals surface area (Å²) in [4.78, 5) is 7.71. The van der Waals surface area contributed by atoms with Crippen molar-refractivity contribution >= 4 is 11.8 Å². The molecule has 0 aromatic carbocycles. The summed E-state index contributed by atoms with van der Waals surface area (Å²) in [5.74, 6) is 0.260. The molecule has 0 amide bonds. The minimum Gasteiger partial charge on any atom is -0.365 e. The summed E-state index contributed by atoms with van der Waals surface area (Å²) < 4.78 is 38.8. The zero-order valence-electron chi connectivity index (χ0n) is 12.3. The normalized spacial score (nSPS) is 17.8. The Labute approximate surface area is 122 Å². The SMILES string of the molecule is CCCNc1nc(NC2(C)CCCC2)cc(C(F)(F)F)n1. The maximum atomic E-state index is 12.9. The van der Waals surface area contributed by atoms with Crippen LogP contribution < -0.4 is 10.6 Å². The summed E-state index contributed by atoms with van der Waals surface area (Å²) in [6.45, 7) is 4.49. The predicted octanol–water partition coefficient (Wildman–Crippen LogP) is 4.06. The van der Waals surface area contributed by atoms with Gasteiger partial charge in [-0.1, -0.05) is 19.8 Å². The molecule has 4 nitrogen and oxygen atoms in total. The van der Waals surface area contributed by atoms with Crippen LogP contribution in [-0.4, -0.2) is 22.1 Å². The zero-order valence-corrected chi connectivity index (χ0v) is 12.3. The van der Waals surface area contributed by atoms with Crippen molar-refractivity contribution in [3.63, 3.8) is 0 Å². The van der Waals surface area contributed by atoms with Crippen LogP contribution in [0.3, 0.4) is 0 Å². The third kappa shape index (κ3) is 4.22. The molecule has 0 radical (unpaired) electrons. The van der Waals surface area contributed by atoms with Crippen LogP contribution in [0, 0.1) is 0 Å². The molecule has 21 heavy (non-hydrogen) atoms. The predicted molar refractivity (Wildman–Crippen MR) is 76.3 cm³/mol. The van der Waals surface area contributed by atoms with E-state index in [0.29, 0.717) is 6.54 Å². The Morgan fingerprint density at radius 1 is 1.24 bits per heavy atom. The molecule has 0 bridgehead atoms. The van der Waals surface area contributed by atoms with Gasteiger partial charge < -0.3 is 10.6 Å². The number of nitrogens with one attached hydrogen (secondary N) is 2. The highest BCUT2D eigenvalue weighted by molar-refractivity contribution is 5.45. The van der Waals surface area contributed by atoms with Crippen LogP contribution in [-0.2, 0) is 6.18 Å². The van der Waals surface area contributed by atoms with E-state index in [1.807, 2.05) is 13.8 Å². The molecule has 1 fully saturated rings. The van der Waals surface area contributed by atoms with Crippen LogP contribution in [0.25, 0.3) is 0 Å². The number of alkyl halides is 3. The first-order chi connectivity index (χ1) is 9.82. The molecule has 0 saturated heterocycles. The minimum absolute atomic E-state index is 0.0239. The molecule has 0 atom stereocenters. The van der Waals surface area contributed by atoms with E-state index in [1.54, 1.807) is 0 Å². The fourth-order valence-corrected chi connectivity index (χ4v) is 2.56. The molecule has 0 unspecified atom stereocenters. The van der Waals surface area contributed by atoms with Gasteiger partial charge in [-0.3, -0.25) is 0 Å². The lowest BCUT2D eigenvalue weighted by molar-refractivity contribution is -0.141. The lowest BCUT2D eigenvalue weighted by Gasteiger charge is -2.26. The zero-order chi connectivity index (χ0) is 15.5. The molecular weight excluding hydrogens is 281 g/mol. The maximum Gasteiger partial charge on any atom is 0.433 e. The van der Waals surface area contributed by atoms with E-state index in [1.165, 1.54) is 0 Å². The Bertz CT molecular complexity index is 482. The highest BCUT2D eigenvalue weighted by atomic mass is 19.4. The van der Waals surface area contributed by atoms with Gasteiger partial charge in [0.2, 0.25) is 5.95 Å². The molecule has 1 aromatic heterocycles. The Hall–Kier alpha value is -1.53. The van der Waals surface area contributed by atoms with Crippen molar-refractivity contribution in [2.24, 2.45) is 0 Å². The van der Waals surface area contributed by atoms with E-state index < -0.39 is 11.9 Å².